The third kappa shape index (κ3) is 3.91. The Labute approximate surface area is 144 Å². The van der Waals surface area contributed by atoms with Crippen LogP contribution in [-0.2, 0) is 11.3 Å². The molecule has 0 saturated heterocycles. The van der Waals surface area contributed by atoms with Crippen molar-refractivity contribution in [2.45, 2.75) is 32.5 Å². The SMILES string of the molecule is Cc1ccc(CNC(=O)CSc2nc3nc(C)cc(C)n3n2)cc1. The summed E-state index contributed by atoms with van der Waals surface area (Å²) < 4.78 is 1.69. The number of carbonyl (C=O) groups excluding carboxylic acids is 1. The van der Waals surface area contributed by atoms with Crippen molar-refractivity contribution in [3.8, 4) is 0 Å². The van der Waals surface area contributed by atoms with Crippen molar-refractivity contribution >= 4 is 23.4 Å². The summed E-state index contributed by atoms with van der Waals surface area (Å²) in [5, 5.41) is 7.84. The molecular formula is C17H19N5OS. The minimum Gasteiger partial charge on any atom is -0.351 e. The number of hydrogen-bond donors (Lipinski definition) is 1. The number of aryl methyl sites for hydroxylation is 3. The van der Waals surface area contributed by atoms with Gasteiger partial charge in [0.15, 0.2) is 0 Å². The van der Waals surface area contributed by atoms with E-state index in [2.05, 4.69) is 20.4 Å². The highest BCUT2D eigenvalue weighted by Gasteiger charge is 2.10. The number of amides is 1. The lowest BCUT2D eigenvalue weighted by atomic mass is 10.1. The highest BCUT2D eigenvalue weighted by molar-refractivity contribution is 7.99. The summed E-state index contributed by atoms with van der Waals surface area (Å²) in [6, 6.07) is 10.1. The van der Waals surface area contributed by atoms with Gasteiger partial charge in [0.1, 0.15) is 0 Å². The maximum Gasteiger partial charge on any atom is 0.253 e. The van der Waals surface area contributed by atoms with E-state index in [1.165, 1.54) is 17.3 Å². The Morgan fingerprint density at radius 2 is 1.92 bits per heavy atom. The summed E-state index contributed by atoms with van der Waals surface area (Å²) in [7, 11) is 0. The Hall–Kier alpha value is -2.41. The van der Waals surface area contributed by atoms with E-state index in [4.69, 9.17) is 0 Å². The Kier molecular flexibility index (Phi) is 4.80. The molecule has 0 fully saturated rings. The van der Waals surface area contributed by atoms with Crippen molar-refractivity contribution in [3.63, 3.8) is 0 Å². The molecule has 0 unspecified atom stereocenters. The number of nitrogens with zero attached hydrogens (tertiary/aromatic N) is 4. The normalized spacial score (nSPS) is 11.0. The highest BCUT2D eigenvalue weighted by Crippen LogP contribution is 2.15. The summed E-state index contributed by atoms with van der Waals surface area (Å²) in [6.45, 7) is 6.45. The van der Waals surface area contributed by atoms with E-state index >= 15 is 0 Å². The van der Waals surface area contributed by atoms with Crippen molar-refractivity contribution < 1.29 is 4.79 Å². The first-order valence-corrected chi connectivity index (χ1v) is 8.66. The molecular weight excluding hydrogens is 322 g/mol. The van der Waals surface area contributed by atoms with Crippen LogP contribution < -0.4 is 5.32 Å². The summed E-state index contributed by atoms with van der Waals surface area (Å²) in [6.07, 6.45) is 0. The predicted molar refractivity (Wildman–Crippen MR) is 94.0 cm³/mol. The maximum atomic E-state index is 12.0. The Bertz CT molecular complexity index is 873. The first-order chi connectivity index (χ1) is 11.5. The molecule has 0 bridgehead atoms. The van der Waals surface area contributed by atoms with Gasteiger partial charge >= 0.3 is 0 Å². The lowest BCUT2D eigenvalue weighted by Gasteiger charge is -2.04. The second kappa shape index (κ2) is 7.00. The van der Waals surface area contributed by atoms with Crippen LogP contribution in [0.2, 0.25) is 0 Å². The fourth-order valence-electron chi connectivity index (χ4n) is 2.30. The number of benzene rings is 1. The molecule has 0 aliphatic rings. The Balaban J connectivity index is 1.56. The van der Waals surface area contributed by atoms with Crippen LogP contribution >= 0.6 is 11.8 Å². The number of thioether (sulfide) groups is 1. The largest absolute Gasteiger partial charge is 0.351 e. The molecule has 7 heteroatoms. The quantitative estimate of drug-likeness (QED) is 0.722. The predicted octanol–water partition coefficient (Wildman–Crippen LogP) is 2.46. The van der Waals surface area contributed by atoms with Gasteiger partial charge < -0.3 is 5.32 Å². The van der Waals surface area contributed by atoms with Gasteiger partial charge in [-0.1, -0.05) is 41.6 Å². The zero-order valence-corrected chi connectivity index (χ0v) is 14.7. The maximum absolute atomic E-state index is 12.0. The van der Waals surface area contributed by atoms with Crippen LogP contribution in [0.3, 0.4) is 0 Å². The second-order valence-electron chi connectivity index (χ2n) is 5.70. The monoisotopic (exact) mass is 341 g/mol. The van der Waals surface area contributed by atoms with Gasteiger partial charge in [-0.05, 0) is 32.4 Å². The van der Waals surface area contributed by atoms with Gasteiger partial charge in [-0.2, -0.15) is 4.98 Å². The molecule has 0 aliphatic carbocycles. The number of aromatic nitrogens is 4. The van der Waals surface area contributed by atoms with Crippen LogP contribution in [0, 0.1) is 20.8 Å². The van der Waals surface area contributed by atoms with E-state index in [1.54, 1.807) is 4.52 Å². The average molecular weight is 341 g/mol. The number of rotatable bonds is 5. The van der Waals surface area contributed by atoms with E-state index in [0.29, 0.717) is 17.5 Å². The molecule has 0 atom stereocenters. The minimum absolute atomic E-state index is 0.0414. The molecule has 0 aliphatic heterocycles. The van der Waals surface area contributed by atoms with Crippen molar-refractivity contribution in [3.05, 3.63) is 52.8 Å². The van der Waals surface area contributed by atoms with E-state index < -0.39 is 0 Å². The van der Waals surface area contributed by atoms with Gasteiger partial charge in [-0.25, -0.2) is 9.50 Å². The molecule has 124 valence electrons. The van der Waals surface area contributed by atoms with E-state index in [9.17, 15) is 4.79 Å². The Morgan fingerprint density at radius 1 is 1.17 bits per heavy atom. The van der Waals surface area contributed by atoms with Crippen LogP contribution in [0.5, 0.6) is 0 Å². The molecule has 1 amide bonds. The third-order valence-corrected chi connectivity index (χ3v) is 4.38. The standard InChI is InChI=1S/C17H19N5OS/c1-11-4-6-14(7-5-11)9-18-15(23)10-24-17-20-16-19-12(2)8-13(3)22(16)21-17/h4-8H,9-10H2,1-3H3,(H,18,23). The first kappa shape index (κ1) is 16.4. The fraction of sp³-hybridized carbons (Fsp3) is 0.294. The molecule has 24 heavy (non-hydrogen) atoms. The van der Waals surface area contributed by atoms with Gasteiger partial charge in [-0.3, -0.25) is 4.79 Å². The number of hydrogen-bond acceptors (Lipinski definition) is 5. The number of fused-ring (bicyclic) bond motifs is 1. The van der Waals surface area contributed by atoms with Gasteiger partial charge in [0.25, 0.3) is 5.78 Å². The lowest BCUT2D eigenvalue weighted by molar-refractivity contribution is -0.118. The lowest BCUT2D eigenvalue weighted by Crippen LogP contribution is -2.24. The smallest absolute Gasteiger partial charge is 0.253 e. The zero-order chi connectivity index (χ0) is 17.1. The first-order valence-electron chi connectivity index (χ1n) is 7.67. The molecule has 0 spiro atoms. The molecule has 0 radical (unpaired) electrons. The summed E-state index contributed by atoms with van der Waals surface area (Å²) in [4.78, 5) is 20.7. The van der Waals surface area contributed by atoms with E-state index in [0.717, 1.165) is 17.0 Å². The van der Waals surface area contributed by atoms with Gasteiger partial charge in [0.05, 0.1) is 5.75 Å². The van der Waals surface area contributed by atoms with Crippen LogP contribution in [0.25, 0.3) is 5.78 Å². The van der Waals surface area contributed by atoms with Crippen molar-refractivity contribution in [1.29, 1.82) is 0 Å². The van der Waals surface area contributed by atoms with Crippen molar-refractivity contribution in [1.82, 2.24) is 24.9 Å². The molecule has 1 N–H and O–H groups in total. The van der Waals surface area contributed by atoms with Crippen LogP contribution in [0.1, 0.15) is 22.5 Å². The molecule has 3 aromatic rings. The minimum atomic E-state index is -0.0414. The van der Waals surface area contributed by atoms with E-state index in [-0.39, 0.29) is 11.7 Å². The van der Waals surface area contributed by atoms with Crippen LogP contribution in [0.15, 0.2) is 35.5 Å². The molecule has 2 aromatic heterocycles. The summed E-state index contributed by atoms with van der Waals surface area (Å²) >= 11 is 1.31. The second-order valence-corrected chi connectivity index (χ2v) is 6.64. The molecule has 6 nitrogen and oxygen atoms in total. The van der Waals surface area contributed by atoms with Crippen LogP contribution in [0.4, 0.5) is 0 Å². The van der Waals surface area contributed by atoms with Crippen molar-refractivity contribution in [2.24, 2.45) is 0 Å². The Morgan fingerprint density at radius 3 is 2.67 bits per heavy atom. The fourth-order valence-corrected chi connectivity index (χ4v) is 2.94. The topological polar surface area (TPSA) is 72.2 Å². The molecule has 1 aromatic carbocycles. The third-order valence-electron chi connectivity index (χ3n) is 3.54. The summed E-state index contributed by atoms with van der Waals surface area (Å²) in [5.41, 5.74) is 4.17. The zero-order valence-electron chi connectivity index (χ0n) is 13.9. The van der Waals surface area contributed by atoms with Gasteiger partial charge in [0.2, 0.25) is 11.1 Å². The van der Waals surface area contributed by atoms with E-state index in [1.807, 2.05) is 51.1 Å². The van der Waals surface area contributed by atoms with Crippen molar-refractivity contribution in [2.75, 3.05) is 5.75 Å². The molecule has 3 rings (SSSR count). The highest BCUT2D eigenvalue weighted by atomic mass is 32.2. The summed E-state index contributed by atoms with van der Waals surface area (Å²) in [5.74, 6) is 0.802. The average Bonchev–Trinajstić information content (AvgIpc) is 2.95. The molecule has 0 saturated carbocycles. The van der Waals surface area contributed by atoms with Gasteiger partial charge in [0, 0.05) is 17.9 Å². The van der Waals surface area contributed by atoms with Crippen LogP contribution in [-0.4, -0.2) is 31.2 Å². The molecule has 2 heterocycles. The number of carbonyl (C=O) groups is 1. The number of nitrogens with one attached hydrogen (secondary N) is 1. The van der Waals surface area contributed by atoms with Gasteiger partial charge in [-0.15, -0.1) is 5.10 Å².